The van der Waals surface area contributed by atoms with Gasteiger partial charge in [0.15, 0.2) is 0 Å². The van der Waals surface area contributed by atoms with Gasteiger partial charge in [-0.05, 0) is 67.8 Å². The number of methoxy groups -OCH3 is 1. The van der Waals surface area contributed by atoms with E-state index in [1.165, 1.54) is 47.8 Å². The second kappa shape index (κ2) is 8.73. The van der Waals surface area contributed by atoms with Crippen molar-refractivity contribution in [3.05, 3.63) is 48.0 Å². The van der Waals surface area contributed by atoms with Crippen LogP contribution >= 0.6 is 0 Å². The standard InChI is InChI=1S/C20H26N2O5S2/c1-16-15-19(11-12-20(16)27-2)28(23,24)21-17-7-9-18(10-8-17)29(25,26)22-13-5-3-4-6-14-22/h7-12,15,21H,3-6,13-14H2,1-2H3. The Balaban J connectivity index is 1.78. The molecule has 158 valence electrons. The van der Waals surface area contributed by atoms with Crippen molar-refractivity contribution in [2.75, 3.05) is 24.9 Å². The molecule has 0 aromatic heterocycles. The fourth-order valence-corrected chi connectivity index (χ4v) is 6.02. The quantitative estimate of drug-likeness (QED) is 0.746. The van der Waals surface area contributed by atoms with Gasteiger partial charge in [0.2, 0.25) is 10.0 Å². The first-order valence-electron chi connectivity index (χ1n) is 9.52. The van der Waals surface area contributed by atoms with Gasteiger partial charge in [-0.1, -0.05) is 12.8 Å². The molecule has 1 aliphatic rings. The predicted molar refractivity (Wildman–Crippen MR) is 112 cm³/mol. The van der Waals surface area contributed by atoms with Gasteiger partial charge in [-0.3, -0.25) is 4.72 Å². The van der Waals surface area contributed by atoms with Gasteiger partial charge < -0.3 is 4.74 Å². The first-order chi connectivity index (χ1) is 13.7. The lowest BCUT2D eigenvalue weighted by molar-refractivity contribution is 0.411. The Bertz CT molecular complexity index is 1060. The van der Waals surface area contributed by atoms with Crippen LogP contribution in [0.25, 0.3) is 0 Å². The van der Waals surface area contributed by atoms with Crippen LogP contribution < -0.4 is 9.46 Å². The molecule has 0 spiro atoms. The fraction of sp³-hybridized carbons (Fsp3) is 0.400. The summed E-state index contributed by atoms with van der Waals surface area (Å²) in [4.78, 5) is 0.278. The molecular formula is C20H26N2O5S2. The molecular weight excluding hydrogens is 412 g/mol. The third kappa shape index (κ3) is 4.91. The van der Waals surface area contributed by atoms with Crippen molar-refractivity contribution in [3.8, 4) is 5.75 Å². The van der Waals surface area contributed by atoms with Crippen LogP contribution in [0.4, 0.5) is 5.69 Å². The van der Waals surface area contributed by atoms with Gasteiger partial charge in [-0.2, -0.15) is 4.31 Å². The van der Waals surface area contributed by atoms with E-state index in [1.807, 2.05) is 0 Å². The minimum Gasteiger partial charge on any atom is -0.496 e. The van der Waals surface area contributed by atoms with E-state index in [0.717, 1.165) is 25.7 Å². The zero-order valence-electron chi connectivity index (χ0n) is 16.6. The van der Waals surface area contributed by atoms with Crippen LogP contribution in [0.15, 0.2) is 52.3 Å². The van der Waals surface area contributed by atoms with Crippen molar-refractivity contribution in [1.29, 1.82) is 0 Å². The Kier molecular flexibility index (Phi) is 6.50. The van der Waals surface area contributed by atoms with Crippen molar-refractivity contribution in [2.45, 2.75) is 42.4 Å². The second-order valence-corrected chi connectivity index (χ2v) is 10.7. The number of hydrogen-bond acceptors (Lipinski definition) is 5. The molecule has 1 aliphatic heterocycles. The van der Waals surface area contributed by atoms with Crippen LogP contribution in [-0.4, -0.2) is 41.3 Å². The molecule has 9 heteroatoms. The second-order valence-electron chi connectivity index (χ2n) is 7.08. The molecule has 3 rings (SSSR count). The Labute approximate surface area is 172 Å². The largest absolute Gasteiger partial charge is 0.496 e. The molecule has 0 atom stereocenters. The lowest BCUT2D eigenvalue weighted by Crippen LogP contribution is -2.31. The average molecular weight is 439 g/mol. The van der Waals surface area contributed by atoms with Crippen LogP contribution in [0.2, 0.25) is 0 Å². The van der Waals surface area contributed by atoms with E-state index in [9.17, 15) is 16.8 Å². The lowest BCUT2D eigenvalue weighted by Gasteiger charge is -2.20. The van der Waals surface area contributed by atoms with Crippen molar-refractivity contribution in [1.82, 2.24) is 4.31 Å². The number of nitrogens with one attached hydrogen (secondary N) is 1. The van der Waals surface area contributed by atoms with E-state index in [2.05, 4.69) is 4.72 Å². The van der Waals surface area contributed by atoms with Crippen molar-refractivity contribution < 1.29 is 21.6 Å². The molecule has 0 aliphatic carbocycles. The molecule has 0 amide bonds. The molecule has 29 heavy (non-hydrogen) atoms. The van der Waals surface area contributed by atoms with Gasteiger partial charge in [0.05, 0.1) is 16.9 Å². The minimum absolute atomic E-state index is 0.108. The van der Waals surface area contributed by atoms with Gasteiger partial charge in [0.25, 0.3) is 10.0 Å². The highest BCUT2D eigenvalue weighted by Crippen LogP contribution is 2.25. The average Bonchev–Trinajstić information content (AvgIpc) is 2.98. The first kappa shape index (κ1) is 21.6. The molecule has 1 N–H and O–H groups in total. The number of hydrogen-bond donors (Lipinski definition) is 1. The van der Waals surface area contributed by atoms with E-state index in [1.54, 1.807) is 13.0 Å². The smallest absolute Gasteiger partial charge is 0.261 e. The van der Waals surface area contributed by atoms with Gasteiger partial charge >= 0.3 is 0 Å². The Morgan fingerprint density at radius 1 is 0.862 bits per heavy atom. The maximum Gasteiger partial charge on any atom is 0.261 e. The van der Waals surface area contributed by atoms with Crippen molar-refractivity contribution in [3.63, 3.8) is 0 Å². The minimum atomic E-state index is -3.80. The highest BCUT2D eigenvalue weighted by Gasteiger charge is 2.25. The first-order valence-corrected chi connectivity index (χ1v) is 12.4. The number of ether oxygens (including phenoxy) is 1. The summed E-state index contributed by atoms with van der Waals surface area (Å²) < 4.78 is 60.1. The molecule has 2 aromatic carbocycles. The summed E-state index contributed by atoms with van der Waals surface area (Å²) in [5, 5.41) is 0. The van der Waals surface area contributed by atoms with Crippen LogP contribution in [0.5, 0.6) is 5.75 Å². The predicted octanol–water partition coefficient (Wildman–Crippen LogP) is 3.37. The molecule has 0 bridgehead atoms. The zero-order valence-corrected chi connectivity index (χ0v) is 18.2. The molecule has 0 radical (unpaired) electrons. The van der Waals surface area contributed by atoms with E-state index >= 15 is 0 Å². The van der Waals surface area contributed by atoms with Gasteiger partial charge in [-0.15, -0.1) is 0 Å². The molecule has 0 saturated carbocycles. The van der Waals surface area contributed by atoms with E-state index < -0.39 is 20.0 Å². The van der Waals surface area contributed by atoms with Gasteiger partial charge in [-0.25, -0.2) is 16.8 Å². The molecule has 1 fully saturated rings. The highest BCUT2D eigenvalue weighted by molar-refractivity contribution is 7.92. The normalized spacial score (nSPS) is 16.2. The number of rotatable bonds is 6. The Morgan fingerprint density at radius 3 is 2.00 bits per heavy atom. The van der Waals surface area contributed by atoms with E-state index in [0.29, 0.717) is 30.1 Å². The molecule has 2 aromatic rings. The fourth-order valence-electron chi connectivity index (χ4n) is 3.36. The van der Waals surface area contributed by atoms with Gasteiger partial charge in [0, 0.05) is 18.8 Å². The van der Waals surface area contributed by atoms with Crippen LogP contribution in [0.1, 0.15) is 31.2 Å². The summed E-state index contributed by atoms with van der Waals surface area (Å²) in [6, 6.07) is 10.4. The number of anilines is 1. The lowest BCUT2D eigenvalue weighted by atomic mass is 10.2. The number of benzene rings is 2. The molecule has 7 nitrogen and oxygen atoms in total. The Morgan fingerprint density at radius 2 is 1.45 bits per heavy atom. The zero-order chi connectivity index (χ0) is 21.1. The van der Waals surface area contributed by atoms with Crippen molar-refractivity contribution >= 4 is 25.7 Å². The molecule has 1 heterocycles. The topological polar surface area (TPSA) is 92.8 Å². The summed E-state index contributed by atoms with van der Waals surface area (Å²) in [7, 11) is -5.85. The number of aryl methyl sites for hydroxylation is 1. The third-order valence-corrected chi connectivity index (χ3v) is 8.28. The Hall–Kier alpha value is -2.10. The number of nitrogens with zero attached hydrogens (tertiary/aromatic N) is 1. The van der Waals surface area contributed by atoms with Crippen LogP contribution in [0.3, 0.4) is 0 Å². The highest BCUT2D eigenvalue weighted by atomic mass is 32.2. The monoisotopic (exact) mass is 438 g/mol. The summed E-state index contributed by atoms with van der Waals surface area (Å²) >= 11 is 0. The van der Waals surface area contributed by atoms with Crippen LogP contribution in [0, 0.1) is 6.92 Å². The molecule has 0 unspecified atom stereocenters. The van der Waals surface area contributed by atoms with Gasteiger partial charge in [0.1, 0.15) is 5.75 Å². The van der Waals surface area contributed by atoms with Crippen molar-refractivity contribution in [2.24, 2.45) is 0 Å². The van der Waals surface area contributed by atoms with Crippen LogP contribution in [-0.2, 0) is 20.0 Å². The van der Waals surface area contributed by atoms with E-state index in [4.69, 9.17) is 4.74 Å². The van der Waals surface area contributed by atoms with E-state index in [-0.39, 0.29) is 9.79 Å². The molecule has 1 saturated heterocycles. The maximum atomic E-state index is 12.8. The summed E-state index contributed by atoms with van der Waals surface area (Å²) in [6.45, 7) is 2.81. The summed E-state index contributed by atoms with van der Waals surface area (Å²) in [6.07, 6.45) is 3.80. The summed E-state index contributed by atoms with van der Waals surface area (Å²) in [5.74, 6) is 0.604. The summed E-state index contributed by atoms with van der Waals surface area (Å²) in [5.41, 5.74) is 1.00. The maximum absolute atomic E-state index is 12.8. The number of sulfonamides is 2. The SMILES string of the molecule is COc1ccc(S(=O)(=O)Nc2ccc(S(=O)(=O)N3CCCCCC3)cc2)cc1C. The third-order valence-electron chi connectivity index (χ3n) is 4.99.